The number of epoxide rings is 2. The molecule has 2 fully saturated rings. The predicted octanol–water partition coefficient (Wildman–Crippen LogP) is 3.29. The Labute approximate surface area is 208 Å². The molecular formula is C26H36ClNO6. The molecule has 2 heterocycles. The van der Waals surface area contributed by atoms with Crippen LogP contribution in [0.15, 0.2) is 60.7 Å². The first-order valence-corrected chi connectivity index (χ1v) is 11.4. The quantitative estimate of drug-likeness (QED) is 0.332. The van der Waals surface area contributed by atoms with Crippen molar-refractivity contribution < 1.29 is 28.5 Å². The van der Waals surface area contributed by atoms with E-state index < -0.39 is 5.60 Å². The molecule has 188 valence electrons. The van der Waals surface area contributed by atoms with Crippen LogP contribution in [-0.4, -0.2) is 83.4 Å². The third-order valence-corrected chi connectivity index (χ3v) is 5.19. The fraction of sp³-hybridized carbons (Fsp3) is 0.500. The summed E-state index contributed by atoms with van der Waals surface area (Å²) in [6, 6.07) is 19.0. The van der Waals surface area contributed by atoms with Crippen LogP contribution >= 0.6 is 12.4 Å². The zero-order valence-corrected chi connectivity index (χ0v) is 21.0. The first kappa shape index (κ1) is 28.2. The molecule has 0 amide bonds. The topological polar surface area (TPSA) is 73.1 Å². The van der Waals surface area contributed by atoms with Crippen LogP contribution in [0.25, 0.3) is 0 Å². The molecule has 2 saturated heterocycles. The Balaban J connectivity index is 0.000000338. The van der Waals surface area contributed by atoms with Gasteiger partial charge < -0.3 is 28.6 Å². The molecule has 0 aliphatic carbocycles. The van der Waals surface area contributed by atoms with E-state index in [4.69, 9.17) is 23.7 Å². The summed E-state index contributed by atoms with van der Waals surface area (Å²) in [7, 11) is 3.88. The SMILES string of the molecule is C(OCC1CO1)C1CO1.CCOC(C(=O)OCCN(C)C)(c1ccccc1)c1ccccc1.Cl. The molecule has 0 N–H and O–H groups in total. The summed E-state index contributed by atoms with van der Waals surface area (Å²) in [5.41, 5.74) is 0.296. The molecule has 8 heteroatoms. The van der Waals surface area contributed by atoms with E-state index in [-0.39, 0.29) is 18.4 Å². The number of nitrogens with zero attached hydrogens (tertiary/aromatic N) is 1. The monoisotopic (exact) mass is 493 g/mol. The fourth-order valence-corrected chi connectivity index (χ4v) is 3.27. The third kappa shape index (κ3) is 8.65. The number of hydrogen-bond donors (Lipinski definition) is 0. The highest BCUT2D eigenvalue weighted by Crippen LogP contribution is 2.35. The number of rotatable bonds is 12. The summed E-state index contributed by atoms with van der Waals surface area (Å²) in [6.45, 7) is 6.52. The Morgan fingerprint density at radius 1 is 0.941 bits per heavy atom. The number of ether oxygens (including phenoxy) is 5. The Bertz CT molecular complexity index is 776. The molecule has 2 aliphatic heterocycles. The lowest BCUT2D eigenvalue weighted by atomic mass is 9.86. The van der Waals surface area contributed by atoms with Gasteiger partial charge in [0.05, 0.1) is 26.4 Å². The van der Waals surface area contributed by atoms with Gasteiger partial charge in [-0.1, -0.05) is 60.7 Å². The normalized spacial score (nSPS) is 18.4. The van der Waals surface area contributed by atoms with Gasteiger partial charge in [-0.05, 0) is 32.1 Å². The first-order chi connectivity index (χ1) is 16.1. The maximum atomic E-state index is 13.1. The van der Waals surface area contributed by atoms with Gasteiger partial charge in [0.2, 0.25) is 5.60 Å². The van der Waals surface area contributed by atoms with E-state index in [2.05, 4.69) is 0 Å². The minimum absolute atomic E-state index is 0. The number of carbonyl (C=O) groups is 1. The number of likely N-dealkylation sites (N-methyl/N-ethyl adjacent to an activating group) is 1. The summed E-state index contributed by atoms with van der Waals surface area (Å²) in [6.07, 6.45) is 0.785. The van der Waals surface area contributed by atoms with Crippen LogP contribution in [0.4, 0.5) is 0 Å². The first-order valence-electron chi connectivity index (χ1n) is 11.4. The molecular weight excluding hydrogens is 458 g/mol. The van der Waals surface area contributed by atoms with Crippen LogP contribution in [0.2, 0.25) is 0 Å². The average molecular weight is 494 g/mol. The summed E-state index contributed by atoms with van der Waals surface area (Å²) < 4.78 is 26.7. The van der Waals surface area contributed by atoms with E-state index in [9.17, 15) is 4.79 Å². The van der Waals surface area contributed by atoms with E-state index in [0.29, 0.717) is 32.0 Å². The van der Waals surface area contributed by atoms with Crippen molar-refractivity contribution in [3.8, 4) is 0 Å². The molecule has 0 aromatic heterocycles. The number of halogens is 1. The Morgan fingerprint density at radius 3 is 1.79 bits per heavy atom. The van der Waals surface area contributed by atoms with Crippen molar-refractivity contribution in [1.82, 2.24) is 4.90 Å². The van der Waals surface area contributed by atoms with Crippen molar-refractivity contribution in [1.29, 1.82) is 0 Å². The predicted molar refractivity (Wildman–Crippen MR) is 132 cm³/mol. The molecule has 2 atom stereocenters. The molecule has 34 heavy (non-hydrogen) atoms. The van der Waals surface area contributed by atoms with E-state index in [1.54, 1.807) is 0 Å². The van der Waals surface area contributed by atoms with Gasteiger partial charge in [0, 0.05) is 13.2 Å². The zero-order valence-electron chi connectivity index (χ0n) is 20.2. The van der Waals surface area contributed by atoms with Crippen molar-refractivity contribution in [2.75, 3.05) is 60.3 Å². The van der Waals surface area contributed by atoms with Crippen LogP contribution in [0, 0.1) is 0 Å². The molecule has 2 aromatic rings. The van der Waals surface area contributed by atoms with Crippen molar-refractivity contribution in [2.24, 2.45) is 0 Å². The van der Waals surface area contributed by atoms with Crippen molar-refractivity contribution >= 4 is 18.4 Å². The molecule has 0 saturated carbocycles. The second-order valence-electron chi connectivity index (χ2n) is 8.23. The summed E-state index contributed by atoms with van der Waals surface area (Å²) in [5, 5.41) is 0. The average Bonchev–Trinajstić information content (AvgIpc) is 3.75. The number of hydrogen-bond acceptors (Lipinski definition) is 7. The highest BCUT2D eigenvalue weighted by atomic mass is 35.5. The Kier molecular flexibility index (Phi) is 12.0. The van der Waals surface area contributed by atoms with Gasteiger partial charge in [0.15, 0.2) is 0 Å². The largest absolute Gasteiger partial charge is 0.462 e. The van der Waals surface area contributed by atoms with Crippen LogP contribution in [0.5, 0.6) is 0 Å². The maximum absolute atomic E-state index is 13.1. The molecule has 0 spiro atoms. The lowest BCUT2D eigenvalue weighted by molar-refractivity contribution is -0.168. The number of carbonyl (C=O) groups excluding carboxylic acids is 1. The summed E-state index contributed by atoms with van der Waals surface area (Å²) >= 11 is 0. The van der Waals surface area contributed by atoms with Crippen molar-refractivity contribution in [3.63, 3.8) is 0 Å². The van der Waals surface area contributed by atoms with E-state index in [1.165, 1.54) is 0 Å². The Hall–Kier alpha value is -2.00. The lowest BCUT2D eigenvalue weighted by Crippen LogP contribution is -2.42. The Morgan fingerprint density at radius 2 is 1.41 bits per heavy atom. The molecule has 2 unspecified atom stereocenters. The highest BCUT2D eigenvalue weighted by Gasteiger charge is 2.44. The van der Waals surface area contributed by atoms with E-state index >= 15 is 0 Å². The second kappa shape index (κ2) is 14.4. The number of esters is 1. The van der Waals surface area contributed by atoms with E-state index in [1.807, 2.05) is 86.6 Å². The minimum Gasteiger partial charge on any atom is -0.462 e. The van der Waals surface area contributed by atoms with Gasteiger partial charge in [-0.15, -0.1) is 12.4 Å². The minimum atomic E-state index is -1.25. The molecule has 7 nitrogen and oxygen atoms in total. The van der Waals surface area contributed by atoms with Crippen LogP contribution < -0.4 is 0 Å². The molecule has 0 radical (unpaired) electrons. The summed E-state index contributed by atoms with van der Waals surface area (Å²) in [5.74, 6) is -0.386. The van der Waals surface area contributed by atoms with Gasteiger partial charge in [0.25, 0.3) is 0 Å². The van der Waals surface area contributed by atoms with Crippen molar-refractivity contribution in [2.45, 2.75) is 24.7 Å². The van der Waals surface area contributed by atoms with Gasteiger partial charge in [-0.2, -0.15) is 0 Å². The molecule has 4 rings (SSSR count). The van der Waals surface area contributed by atoms with Crippen LogP contribution in [-0.2, 0) is 34.1 Å². The van der Waals surface area contributed by atoms with Gasteiger partial charge in [-0.3, -0.25) is 0 Å². The maximum Gasteiger partial charge on any atom is 0.347 e. The third-order valence-electron chi connectivity index (χ3n) is 5.19. The number of benzene rings is 2. The fourth-order valence-electron chi connectivity index (χ4n) is 3.27. The lowest BCUT2D eigenvalue weighted by Gasteiger charge is -2.32. The highest BCUT2D eigenvalue weighted by molar-refractivity contribution is 5.86. The zero-order chi connectivity index (χ0) is 23.5. The standard InChI is InChI=1S/C20H25NO3.C6H10O3.ClH/c1-4-24-20(17-11-7-5-8-12-17,18-13-9-6-10-14-18)19(22)23-16-15-21(2)3;1(5-3-8-5)7-2-6-4-9-6;/h5-14H,4,15-16H2,1-3H3;5-6H,1-4H2;1H. The van der Waals surface area contributed by atoms with Gasteiger partial charge >= 0.3 is 5.97 Å². The summed E-state index contributed by atoms with van der Waals surface area (Å²) in [4.78, 5) is 15.0. The molecule has 0 bridgehead atoms. The van der Waals surface area contributed by atoms with Gasteiger partial charge in [0.1, 0.15) is 18.8 Å². The van der Waals surface area contributed by atoms with Gasteiger partial charge in [-0.25, -0.2) is 4.79 Å². The van der Waals surface area contributed by atoms with E-state index in [0.717, 1.165) is 37.6 Å². The van der Waals surface area contributed by atoms with Crippen LogP contribution in [0.3, 0.4) is 0 Å². The smallest absolute Gasteiger partial charge is 0.347 e. The van der Waals surface area contributed by atoms with Crippen LogP contribution in [0.1, 0.15) is 18.1 Å². The molecule has 2 aromatic carbocycles. The molecule has 2 aliphatic rings. The van der Waals surface area contributed by atoms with Crippen molar-refractivity contribution in [3.05, 3.63) is 71.8 Å². The second-order valence-corrected chi connectivity index (χ2v) is 8.23.